The van der Waals surface area contributed by atoms with Gasteiger partial charge in [-0.25, -0.2) is 19.2 Å². The Morgan fingerprint density at radius 2 is 1.77 bits per heavy atom. The fourth-order valence-corrected chi connectivity index (χ4v) is 3.98. The normalized spacial score (nSPS) is 14.9. The Morgan fingerprint density at radius 3 is 2.53 bits per heavy atom. The van der Waals surface area contributed by atoms with Gasteiger partial charge in [-0.2, -0.15) is 0 Å². The molecule has 0 spiro atoms. The van der Waals surface area contributed by atoms with Crippen molar-refractivity contribution in [2.75, 3.05) is 18.0 Å². The van der Waals surface area contributed by atoms with Gasteiger partial charge in [0.15, 0.2) is 11.6 Å². The molecule has 152 valence electrons. The van der Waals surface area contributed by atoms with E-state index in [1.54, 1.807) is 24.3 Å². The van der Waals surface area contributed by atoms with Crippen LogP contribution in [0.25, 0.3) is 33.5 Å². The van der Waals surface area contributed by atoms with Crippen molar-refractivity contribution in [1.82, 2.24) is 9.97 Å². The van der Waals surface area contributed by atoms with E-state index in [9.17, 15) is 14.3 Å². The Labute approximate surface area is 172 Å². The standard InChI is InChI=1S/C23H20FN3O3/c24-16-6-8-19-15(11-16)13-20(30-19)21-22(27-9-3-1-2-4-10-27)26-18-12-14(23(28)29)5-7-17(18)25-21/h5-8,11-13H,1-4,9-10H2,(H,28,29). The van der Waals surface area contributed by atoms with Crippen molar-refractivity contribution >= 4 is 33.8 Å². The average molecular weight is 405 g/mol. The summed E-state index contributed by atoms with van der Waals surface area (Å²) in [5.41, 5.74) is 2.45. The molecule has 1 aliphatic rings. The predicted molar refractivity (Wildman–Crippen MR) is 112 cm³/mol. The second kappa shape index (κ2) is 7.40. The first-order chi connectivity index (χ1) is 14.6. The van der Waals surface area contributed by atoms with Gasteiger partial charge in [-0.3, -0.25) is 0 Å². The van der Waals surface area contributed by atoms with Gasteiger partial charge < -0.3 is 14.4 Å². The van der Waals surface area contributed by atoms with E-state index in [1.165, 1.54) is 31.0 Å². The van der Waals surface area contributed by atoms with Crippen LogP contribution in [0.2, 0.25) is 0 Å². The monoisotopic (exact) mass is 405 g/mol. The number of carbonyl (C=O) groups is 1. The zero-order valence-electron chi connectivity index (χ0n) is 16.3. The van der Waals surface area contributed by atoms with Crippen LogP contribution in [0.3, 0.4) is 0 Å². The van der Waals surface area contributed by atoms with Crippen LogP contribution in [-0.4, -0.2) is 34.1 Å². The summed E-state index contributed by atoms with van der Waals surface area (Å²) in [5.74, 6) is -0.134. The Hall–Kier alpha value is -3.48. The van der Waals surface area contributed by atoms with Crippen LogP contribution < -0.4 is 4.90 Å². The molecule has 0 amide bonds. The summed E-state index contributed by atoms with van der Waals surface area (Å²) in [5, 5.41) is 9.99. The highest BCUT2D eigenvalue weighted by atomic mass is 19.1. The van der Waals surface area contributed by atoms with Crippen molar-refractivity contribution < 1.29 is 18.7 Å². The Kier molecular flexibility index (Phi) is 4.58. The van der Waals surface area contributed by atoms with Gasteiger partial charge in [0.2, 0.25) is 0 Å². The number of carboxylic acid groups (broad SMARTS) is 1. The van der Waals surface area contributed by atoms with Gasteiger partial charge >= 0.3 is 5.97 Å². The third-order valence-electron chi connectivity index (χ3n) is 5.51. The molecule has 0 aliphatic carbocycles. The summed E-state index contributed by atoms with van der Waals surface area (Å²) in [6.07, 6.45) is 4.44. The number of carboxylic acids is 1. The first kappa shape index (κ1) is 18.5. The van der Waals surface area contributed by atoms with Crippen LogP contribution in [-0.2, 0) is 0 Å². The predicted octanol–water partition coefficient (Wildman–Crippen LogP) is 5.26. The van der Waals surface area contributed by atoms with Crippen LogP contribution >= 0.6 is 0 Å². The fraction of sp³-hybridized carbons (Fsp3) is 0.261. The SMILES string of the molecule is O=C(O)c1ccc2nc(-c3cc4cc(F)ccc4o3)c(N3CCCCCC3)nc2c1. The number of rotatable bonds is 3. The molecular formula is C23H20FN3O3. The Morgan fingerprint density at radius 1 is 0.967 bits per heavy atom. The minimum Gasteiger partial charge on any atom is -0.478 e. The number of furan rings is 1. The lowest BCUT2D eigenvalue weighted by Gasteiger charge is -2.23. The second-order valence-electron chi connectivity index (χ2n) is 7.60. The number of anilines is 1. The molecule has 3 heterocycles. The fourth-order valence-electron chi connectivity index (χ4n) is 3.98. The molecule has 1 fully saturated rings. The third kappa shape index (κ3) is 3.36. The number of hydrogen-bond donors (Lipinski definition) is 1. The van der Waals surface area contributed by atoms with Crippen LogP contribution in [0.15, 0.2) is 46.9 Å². The lowest BCUT2D eigenvalue weighted by atomic mass is 10.1. The highest BCUT2D eigenvalue weighted by Gasteiger charge is 2.22. The topological polar surface area (TPSA) is 79.5 Å². The van der Waals surface area contributed by atoms with E-state index in [2.05, 4.69) is 4.90 Å². The molecule has 7 heteroatoms. The molecule has 6 nitrogen and oxygen atoms in total. The molecule has 0 bridgehead atoms. The summed E-state index contributed by atoms with van der Waals surface area (Å²) in [4.78, 5) is 23.2. The molecular weight excluding hydrogens is 385 g/mol. The van der Waals surface area contributed by atoms with Crippen LogP contribution in [0.4, 0.5) is 10.2 Å². The molecule has 2 aromatic heterocycles. The summed E-state index contributed by atoms with van der Waals surface area (Å²) in [7, 11) is 0. The molecule has 4 aromatic rings. The van der Waals surface area contributed by atoms with Gasteiger partial charge in [-0.15, -0.1) is 0 Å². The molecule has 1 saturated heterocycles. The van der Waals surface area contributed by atoms with Gasteiger partial charge in [0, 0.05) is 18.5 Å². The summed E-state index contributed by atoms with van der Waals surface area (Å²) >= 11 is 0. The highest BCUT2D eigenvalue weighted by molar-refractivity contribution is 5.94. The lowest BCUT2D eigenvalue weighted by Crippen LogP contribution is -2.26. The van der Waals surface area contributed by atoms with E-state index in [1.807, 2.05) is 0 Å². The van der Waals surface area contributed by atoms with Gasteiger partial charge in [0.1, 0.15) is 17.1 Å². The molecule has 0 unspecified atom stereocenters. The third-order valence-corrected chi connectivity index (χ3v) is 5.51. The first-order valence-corrected chi connectivity index (χ1v) is 10.1. The quantitative estimate of drug-likeness (QED) is 0.501. The zero-order chi connectivity index (χ0) is 20.7. The maximum Gasteiger partial charge on any atom is 0.335 e. The van der Waals surface area contributed by atoms with Gasteiger partial charge in [-0.1, -0.05) is 12.8 Å². The molecule has 1 aliphatic heterocycles. The average Bonchev–Trinajstić information content (AvgIpc) is 2.97. The van der Waals surface area contributed by atoms with E-state index >= 15 is 0 Å². The maximum atomic E-state index is 13.6. The van der Waals surface area contributed by atoms with E-state index in [0.717, 1.165) is 25.9 Å². The molecule has 0 atom stereocenters. The van der Waals surface area contributed by atoms with Gasteiger partial charge in [0.25, 0.3) is 0 Å². The minimum absolute atomic E-state index is 0.172. The van der Waals surface area contributed by atoms with E-state index in [-0.39, 0.29) is 11.4 Å². The lowest BCUT2D eigenvalue weighted by molar-refractivity contribution is 0.0697. The van der Waals surface area contributed by atoms with E-state index in [0.29, 0.717) is 39.3 Å². The molecule has 2 aromatic carbocycles. The van der Waals surface area contributed by atoms with Crippen LogP contribution in [0.5, 0.6) is 0 Å². The number of nitrogens with zero attached hydrogens (tertiary/aromatic N) is 3. The largest absolute Gasteiger partial charge is 0.478 e. The van der Waals surface area contributed by atoms with E-state index in [4.69, 9.17) is 14.4 Å². The molecule has 0 radical (unpaired) electrons. The maximum absolute atomic E-state index is 13.6. The number of benzene rings is 2. The van der Waals surface area contributed by atoms with Crippen molar-refractivity contribution in [3.05, 3.63) is 53.8 Å². The van der Waals surface area contributed by atoms with E-state index < -0.39 is 5.97 Å². The molecule has 1 N–H and O–H groups in total. The van der Waals surface area contributed by atoms with Crippen LogP contribution in [0, 0.1) is 5.82 Å². The van der Waals surface area contributed by atoms with Crippen molar-refractivity contribution in [3.63, 3.8) is 0 Å². The summed E-state index contributed by atoms with van der Waals surface area (Å²) in [6, 6.07) is 10.9. The molecule has 0 saturated carbocycles. The molecule has 30 heavy (non-hydrogen) atoms. The van der Waals surface area contributed by atoms with Gasteiger partial charge in [0.05, 0.1) is 16.6 Å². The second-order valence-corrected chi connectivity index (χ2v) is 7.60. The smallest absolute Gasteiger partial charge is 0.335 e. The highest BCUT2D eigenvalue weighted by Crippen LogP contribution is 2.35. The van der Waals surface area contributed by atoms with Crippen molar-refractivity contribution in [2.24, 2.45) is 0 Å². The molecule has 5 rings (SSSR count). The van der Waals surface area contributed by atoms with Crippen molar-refractivity contribution in [3.8, 4) is 11.5 Å². The summed E-state index contributed by atoms with van der Waals surface area (Å²) < 4.78 is 19.6. The first-order valence-electron chi connectivity index (χ1n) is 10.1. The number of fused-ring (bicyclic) bond motifs is 2. The Bertz CT molecular complexity index is 1260. The number of hydrogen-bond acceptors (Lipinski definition) is 5. The van der Waals surface area contributed by atoms with Gasteiger partial charge in [-0.05, 0) is 55.3 Å². The number of halogens is 1. The van der Waals surface area contributed by atoms with Crippen molar-refractivity contribution in [2.45, 2.75) is 25.7 Å². The zero-order valence-corrected chi connectivity index (χ0v) is 16.3. The number of aromatic nitrogens is 2. The van der Waals surface area contributed by atoms with Crippen LogP contribution in [0.1, 0.15) is 36.0 Å². The summed E-state index contributed by atoms with van der Waals surface area (Å²) in [6.45, 7) is 1.70. The van der Waals surface area contributed by atoms with Crippen molar-refractivity contribution in [1.29, 1.82) is 0 Å². The number of aromatic carboxylic acids is 1. The minimum atomic E-state index is -1.00. The Balaban J connectivity index is 1.71.